The molecule has 0 heterocycles. The number of anilines is 1. The molecule has 0 aromatic heterocycles. The third-order valence-corrected chi connectivity index (χ3v) is 3.80. The molecule has 1 nitrogen and oxygen atoms in total. The number of nitrogens with one attached hydrogen (secondary N) is 1. The first-order chi connectivity index (χ1) is 8.99. The van der Waals surface area contributed by atoms with E-state index in [2.05, 4.69) is 21.2 Å². The van der Waals surface area contributed by atoms with Gasteiger partial charge in [0.2, 0.25) is 0 Å². The van der Waals surface area contributed by atoms with Gasteiger partial charge in [0.25, 0.3) is 0 Å². The summed E-state index contributed by atoms with van der Waals surface area (Å²) >= 11 is 3.16. The van der Waals surface area contributed by atoms with E-state index in [4.69, 9.17) is 0 Å². The molecule has 0 spiro atoms. The van der Waals surface area contributed by atoms with Gasteiger partial charge in [-0.1, -0.05) is 18.2 Å². The van der Waals surface area contributed by atoms with Crippen LogP contribution in [-0.4, -0.2) is 0 Å². The second kappa shape index (κ2) is 5.70. The Balaban J connectivity index is 2.22. The predicted molar refractivity (Wildman–Crippen MR) is 77.3 cm³/mol. The average Bonchev–Trinajstić information content (AvgIpc) is 2.33. The van der Waals surface area contributed by atoms with Crippen molar-refractivity contribution in [2.24, 2.45) is 0 Å². The summed E-state index contributed by atoms with van der Waals surface area (Å²) in [7, 11) is 0. The molecule has 0 radical (unpaired) electrons. The number of rotatable bonds is 3. The third kappa shape index (κ3) is 3.13. The van der Waals surface area contributed by atoms with Crippen molar-refractivity contribution in [3.8, 4) is 0 Å². The van der Waals surface area contributed by atoms with E-state index in [0.29, 0.717) is 11.0 Å². The second-order valence-electron chi connectivity index (χ2n) is 4.46. The Morgan fingerprint density at radius 1 is 1.16 bits per heavy atom. The van der Waals surface area contributed by atoms with Gasteiger partial charge >= 0.3 is 0 Å². The van der Waals surface area contributed by atoms with E-state index in [1.54, 1.807) is 0 Å². The van der Waals surface area contributed by atoms with Crippen LogP contribution in [0.15, 0.2) is 34.8 Å². The first kappa shape index (κ1) is 14.0. The number of hydrogen-bond acceptors (Lipinski definition) is 1. The van der Waals surface area contributed by atoms with Crippen molar-refractivity contribution in [1.82, 2.24) is 0 Å². The molecule has 0 amide bonds. The van der Waals surface area contributed by atoms with Gasteiger partial charge in [-0.2, -0.15) is 0 Å². The quantitative estimate of drug-likeness (QED) is 0.841. The molecule has 2 aromatic rings. The smallest absolute Gasteiger partial charge is 0.150 e. The van der Waals surface area contributed by atoms with E-state index in [1.165, 1.54) is 17.2 Å². The van der Waals surface area contributed by atoms with E-state index in [1.807, 2.05) is 32.0 Å². The van der Waals surface area contributed by atoms with Gasteiger partial charge in [0.05, 0.1) is 5.69 Å². The molecule has 2 rings (SSSR count). The standard InChI is InChI=1S/C15H14BrF2N/c1-9-4-3-5-11(10(9)2)8-19-15-13(16)6-12(17)7-14(15)18/h3-7,19H,8H2,1-2H3. The minimum absolute atomic E-state index is 0.280. The monoisotopic (exact) mass is 325 g/mol. The maximum atomic E-state index is 13.7. The summed E-state index contributed by atoms with van der Waals surface area (Å²) < 4.78 is 27.0. The molecular weight excluding hydrogens is 312 g/mol. The molecule has 1 N–H and O–H groups in total. The first-order valence-electron chi connectivity index (χ1n) is 5.92. The van der Waals surface area contributed by atoms with Gasteiger partial charge < -0.3 is 5.32 Å². The highest BCUT2D eigenvalue weighted by atomic mass is 79.9. The average molecular weight is 326 g/mol. The van der Waals surface area contributed by atoms with Crippen LogP contribution < -0.4 is 5.32 Å². The molecule has 0 saturated carbocycles. The van der Waals surface area contributed by atoms with Gasteiger partial charge in [0.15, 0.2) is 0 Å². The summed E-state index contributed by atoms with van der Waals surface area (Å²) in [4.78, 5) is 0. The van der Waals surface area contributed by atoms with Crippen LogP contribution in [0.25, 0.3) is 0 Å². The van der Waals surface area contributed by atoms with Crippen LogP contribution in [0.3, 0.4) is 0 Å². The van der Waals surface area contributed by atoms with Crippen molar-refractivity contribution in [3.63, 3.8) is 0 Å². The van der Waals surface area contributed by atoms with E-state index in [0.717, 1.165) is 11.6 Å². The Labute approximate surface area is 119 Å². The molecule has 0 saturated heterocycles. The highest BCUT2D eigenvalue weighted by Gasteiger charge is 2.10. The largest absolute Gasteiger partial charge is 0.378 e. The molecule has 0 unspecified atom stereocenters. The lowest BCUT2D eigenvalue weighted by atomic mass is 10.0. The number of aryl methyl sites for hydroxylation is 1. The Kier molecular flexibility index (Phi) is 4.20. The summed E-state index contributed by atoms with van der Waals surface area (Å²) in [5.74, 6) is -1.20. The molecule has 0 aliphatic rings. The van der Waals surface area contributed by atoms with E-state index in [-0.39, 0.29) is 5.69 Å². The van der Waals surface area contributed by atoms with Gasteiger partial charge in [-0.15, -0.1) is 0 Å². The second-order valence-corrected chi connectivity index (χ2v) is 5.31. The fourth-order valence-electron chi connectivity index (χ4n) is 1.90. The predicted octanol–water partition coefficient (Wildman–Crippen LogP) is 4.96. The Hall–Kier alpha value is -1.42. The zero-order chi connectivity index (χ0) is 14.0. The van der Waals surface area contributed by atoms with Crippen molar-refractivity contribution in [2.75, 3.05) is 5.32 Å². The van der Waals surface area contributed by atoms with Crippen LogP contribution in [0.2, 0.25) is 0 Å². The van der Waals surface area contributed by atoms with E-state index < -0.39 is 11.6 Å². The highest BCUT2D eigenvalue weighted by Crippen LogP contribution is 2.27. The topological polar surface area (TPSA) is 12.0 Å². The van der Waals surface area contributed by atoms with Crippen molar-refractivity contribution >= 4 is 21.6 Å². The van der Waals surface area contributed by atoms with Crippen LogP contribution in [-0.2, 0) is 6.54 Å². The third-order valence-electron chi connectivity index (χ3n) is 3.18. The summed E-state index contributed by atoms with van der Waals surface area (Å²) in [6, 6.07) is 8.11. The Bertz CT molecular complexity index is 588. The number of benzene rings is 2. The van der Waals surface area contributed by atoms with Gasteiger partial charge in [-0.05, 0) is 52.5 Å². The van der Waals surface area contributed by atoms with Crippen molar-refractivity contribution in [3.05, 3.63) is 63.1 Å². The summed E-state index contributed by atoms with van der Waals surface area (Å²) in [6.07, 6.45) is 0. The van der Waals surface area contributed by atoms with E-state index >= 15 is 0 Å². The lowest BCUT2D eigenvalue weighted by Gasteiger charge is -2.13. The Morgan fingerprint density at radius 2 is 1.89 bits per heavy atom. The van der Waals surface area contributed by atoms with E-state index in [9.17, 15) is 8.78 Å². The molecule has 0 bridgehead atoms. The number of hydrogen-bond donors (Lipinski definition) is 1. The summed E-state index contributed by atoms with van der Waals surface area (Å²) in [5.41, 5.74) is 3.74. The van der Waals surface area contributed by atoms with Gasteiger partial charge in [0.1, 0.15) is 11.6 Å². The maximum Gasteiger partial charge on any atom is 0.150 e. The molecule has 2 aromatic carbocycles. The van der Waals surface area contributed by atoms with Crippen molar-refractivity contribution in [1.29, 1.82) is 0 Å². The van der Waals surface area contributed by atoms with Crippen LogP contribution >= 0.6 is 15.9 Å². The van der Waals surface area contributed by atoms with Gasteiger partial charge in [-0.25, -0.2) is 8.78 Å². The molecule has 4 heteroatoms. The highest BCUT2D eigenvalue weighted by molar-refractivity contribution is 9.10. The summed E-state index contributed by atoms with van der Waals surface area (Å²) in [6.45, 7) is 4.56. The van der Waals surface area contributed by atoms with Crippen LogP contribution in [0, 0.1) is 25.5 Å². The molecule has 0 aliphatic heterocycles. The first-order valence-corrected chi connectivity index (χ1v) is 6.72. The van der Waals surface area contributed by atoms with Crippen LogP contribution in [0.1, 0.15) is 16.7 Å². The van der Waals surface area contributed by atoms with Gasteiger partial charge in [-0.3, -0.25) is 0 Å². The molecule has 19 heavy (non-hydrogen) atoms. The molecular formula is C15H14BrF2N. The fourth-order valence-corrected chi connectivity index (χ4v) is 2.45. The van der Waals surface area contributed by atoms with Crippen molar-refractivity contribution in [2.45, 2.75) is 20.4 Å². The lowest BCUT2D eigenvalue weighted by Crippen LogP contribution is -2.05. The number of halogens is 3. The zero-order valence-electron chi connectivity index (χ0n) is 10.7. The van der Waals surface area contributed by atoms with Crippen LogP contribution in [0.4, 0.5) is 14.5 Å². The fraction of sp³-hybridized carbons (Fsp3) is 0.200. The Morgan fingerprint density at radius 3 is 2.58 bits per heavy atom. The van der Waals surface area contributed by atoms with Crippen molar-refractivity contribution < 1.29 is 8.78 Å². The molecule has 0 fully saturated rings. The van der Waals surface area contributed by atoms with Crippen LogP contribution in [0.5, 0.6) is 0 Å². The molecule has 0 atom stereocenters. The molecule has 0 aliphatic carbocycles. The maximum absolute atomic E-state index is 13.7. The normalized spacial score (nSPS) is 10.6. The SMILES string of the molecule is Cc1cccc(CNc2c(F)cc(F)cc2Br)c1C. The zero-order valence-corrected chi connectivity index (χ0v) is 12.3. The minimum Gasteiger partial charge on any atom is -0.378 e. The molecule has 100 valence electrons. The summed E-state index contributed by atoms with van der Waals surface area (Å²) in [5, 5.41) is 3.00. The lowest BCUT2D eigenvalue weighted by molar-refractivity contribution is 0.583. The van der Waals surface area contributed by atoms with Gasteiger partial charge in [0, 0.05) is 17.1 Å². The minimum atomic E-state index is -0.600.